The van der Waals surface area contributed by atoms with Crippen molar-refractivity contribution in [1.82, 2.24) is 10.2 Å². The van der Waals surface area contributed by atoms with Gasteiger partial charge in [0.1, 0.15) is 0 Å². The van der Waals surface area contributed by atoms with E-state index in [0.717, 1.165) is 19.5 Å². The summed E-state index contributed by atoms with van der Waals surface area (Å²) in [5.41, 5.74) is 0.843. The van der Waals surface area contributed by atoms with Crippen molar-refractivity contribution in [2.75, 3.05) is 20.3 Å². The van der Waals surface area contributed by atoms with E-state index in [2.05, 4.69) is 36.2 Å². The van der Waals surface area contributed by atoms with E-state index in [1.165, 1.54) is 5.56 Å². The standard InChI is InChI=1S/C16H26N2O2/c1-13(2)18-11-15(20-3)9-16(18,12-19)17-10-14-7-5-4-6-8-14/h4-8,13,15,17,19H,9-12H2,1-3H3/t15?,16-/m0/s1. The van der Waals surface area contributed by atoms with Gasteiger partial charge >= 0.3 is 0 Å². The number of hydrogen-bond donors (Lipinski definition) is 2. The number of hydrogen-bond acceptors (Lipinski definition) is 4. The van der Waals surface area contributed by atoms with Crippen LogP contribution in [-0.4, -0.2) is 48.1 Å². The van der Waals surface area contributed by atoms with Crippen LogP contribution >= 0.6 is 0 Å². The Morgan fingerprint density at radius 1 is 1.40 bits per heavy atom. The summed E-state index contributed by atoms with van der Waals surface area (Å²) < 4.78 is 5.51. The first kappa shape index (κ1) is 15.4. The summed E-state index contributed by atoms with van der Waals surface area (Å²) in [6.07, 6.45) is 0.984. The lowest BCUT2D eigenvalue weighted by atomic mass is 10.1. The maximum atomic E-state index is 9.97. The second kappa shape index (κ2) is 6.68. The molecular formula is C16H26N2O2. The summed E-state index contributed by atoms with van der Waals surface area (Å²) in [4.78, 5) is 2.31. The van der Waals surface area contributed by atoms with E-state index in [0.29, 0.717) is 6.04 Å². The van der Waals surface area contributed by atoms with Crippen LogP contribution in [0.5, 0.6) is 0 Å². The first-order valence-corrected chi connectivity index (χ1v) is 7.30. The van der Waals surface area contributed by atoms with Crippen LogP contribution in [0.1, 0.15) is 25.8 Å². The topological polar surface area (TPSA) is 44.7 Å². The molecule has 0 bridgehead atoms. The molecule has 0 saturated carbocycles. The molecule has 0 aromatic heterocycles. The van der Waals surface area contributed by atoms with E-state index in [-0.39, 0.29) is 18.4 Å². The monoisotopic (exact) mass is 278 g/mol. The summed E-state index contributed by atoms with van der Waals surface area (Å²) in [7, 11) is 1.74. The predicted octanol–water partition coefficient (Wildman–Crippen LogP) is 1.59. The van der Waals surface area contributed by atoms with Gasteiger partial charge in [-0.2, -0.15) is 0 Å². The van der Waals surface area contributed by atoms with E-state index >= 15 is 0 Å². The molecule has 1 unspecified atom stereocenters. The van der Waals surface area contributed by atoms with Gasteiger partial charge in [-0.1, -0.05) is 30.3 Å². The Balaban J connectivity index is 2.10. The molecule has 1 aromatic carbocycles. The third-order valence-corrected chi connectivity index (χ3v) is 4.20. The number of nitrogens with zero attached hydrogens (tertiary/aromatic N) is 1. The molecule has 0 radical (unpaired) electrons. The summed E-state index contributed by atoms with van der Waals surface area (Å²) in [5, 5.41) is 13.5. The summed E-state index contributed by atoms with van der Waals surface area (Å²) in [6, 6.07) is 10.7. The first-order chi connectivity index (χ1) is 9.61. The number of ether oxygens (including phenoxy) is 1. The average molecular weight is 278 g/mol. The molecule has 1 aromatic rings. The van der Waals surface area contributed by atoms with Gasteiger partial charge in [0.2, 0.25) is 0 Å². The molecule has 1 fully saturated rings. The number of methoxy groups -OCH3 is 1. The molecule has 1 heterocycles. The highest BCUT2D eigenvalue weighted by Gasteiger charge is 2.46. The zero-order valence-corrected chi connectivity index (χ0v) is 12.7. The van der Waals surface area contributed by atoms with Crippen molar-refractivity contribution in [2.45, 2.75) is 44.6 Å². The second-order valence-corrected chi connectivity index (χ2v) is 5.84. The lowest BCUT2D eigenvalue weighted by molar-refractivity contribution is 0.0135. The van der Waals surface area contributed by atoms with Gasteiger partial charge in [-0.05, 0) is 19.4 Å². The quantitative estimate of drug-likeness (QED) is 0.829. The number of likely N-dealkylation sites (tertiary alicyclic amines) is 1. The molecule has 112 valence electrons. The van der Waals surface area contributed by atoms with E-state index in [9.17, 15) is 5.11 Å². The molecule has 4 heteroatoms. The molecule has 2 rings (SSSR count). The largest absolute Gasteiger partial charge is 0.393 e. The van der Waals surface area contributed by atoms with Crippen LogP contribution < -0.4 is 5.32 Å². The number of rotatable bonds is 6. The van der Waals surface area contributed by atoms with E-state index < -0.39 is 0 Å². The minimum Gasteiger partial charge on any atom is -0.393 e. The molecule has 4 nitrogen and oxygen atoms in total. The van der Waals surface area contributed by atoms with Crippen molar-refractivity contribution < 1.29 is 9.84 Å². The van der Waals surface area contributed by atoms with Gasteiger partial charge in [-0.3, -0.25) is 10.2 Å². The second-order valence-electron chi connectivity index (χ2n) is 5.84. The first-order valence-electron chi connectivity index (χ1n) is 7.30. The van der Waals surface area contributed by atoms with Crippen LogP contribution in [0.2, 0.25) is 0 Å². The summed E-state index contributed by atoms with van der Waals surface area (Å²) in [5.74, 6) is 0. The molecule has 2 N–H and O–H groups in total. The van der Waals surface area contributed by atoms with E-state index in [4.69, 9.17) is 4.74 Å². The highest BCUT2D eigenvalue weighted by Crippen LogP contribution is 2.30. The van der Waals surface area contributed by atoms with Crippen LogP contribution in [0.4, 0.5) is 0 Å². The molecule has 1 saturated heterocycles. The lowest BCUT2D eigenvalue weighted by Crippen LogP contribution is -2.59. The minimum atomic E-state index is -0.384. The molecule has 0 spiro atoms. The zero-order chi connectivity index (χ0) is 14.6. The van der Waals surface area contributed by atoms with Gasteiger partial charge in [0.15, 0.2) is 0 Å². The number of aliphatic hydroxyl groups is 1. The van der Waals surface area contributed by atoms with Gasteiger partial charge in [0.25, 0.3) is 0 Å². The Hall–Kier alpha value is -0.940. The average Bonchev–Trinajstić information content (AvgIpc) is 2.86. The number of nitrogens with one attached hydrogen (secondary N) is 1. The molecular weight excluding hydrogens is 252 g/mol. The highest BCUT2D eigenvalue weighted by molar-refractivity contribution is 5.15. The smallest absolute Gasteiger partial charge is 0.0981 e. The SMILES string of the molecule is COC1CN(C(C)C)[C@@](CO)(NCc2ccccc2)C1. The van der Waals surface area contributed by atoms with Crippen molar-refractivity contribution in [3.63, 3.8) is 0 Å². The Morgan fingerprint density at radius 2 is 2.10 bits per heavy atom. The third-order valence-electron chi connectivity index (χ3n) is 4.20. The summed E-state index contributed by atoms with van der Waals surface area (Å²) in [6.45, 7) is 6.02. The Labute approximate surface area is 121 Å². The van der Waals surface area contributed by atoms with Crippen molar-refractivity contribution in [1.29, 1.82) is 0 Å². The predicted molar refractivity (Wildman–Crippen MR) is 80.4 cm³/mol. The fourth-order valence-electron chi connectivity index (χ4n) is 3.06. The minimum absolute atomic E-state index is 0.0951. The molecule has 1 aliphatic heterocycles. The molecule has 20 heavy (non-hydrogen) atoms. The molecule has 0 amide bonds. The molecule has 1 aliphatic rings. The summed E-state index contributed by atoms with van der Waals surface area (Å²) >= 11 is 0. The third kappa shape index (κ3) is 3.20. The van der Waals surface area contributed by atoms with Crippen LogP contribution in [-0.2, 0) is 11.3 Å². The van der Waals surface area contributed by atoms with Crippen molar-refractivity contribution in [3.05, 3.63) is 35.9 Å². The van der Waals surface area contributed by atoms with Crippen LogP contribution in [0, 0.1) is 0 Å². The number of benzene rings is 1. The van der Waals surface area contributed by atoms with Gasteiger partial charge in [-0.15, -0.1) is 0 Å². The fraction of sp³-hybridized carbons (Fsp3) is 0.625. The maximum Gasteiger partial charge on any atom is 0.0981 e. The molecule has 2 atom stereocenters. The van der Waals surface area contributed by atoms with Gasteiger partial charge in [0, 0.05) is 32.7 Å². The van der Waals surface area contributed by atoms with E-state index in [1.807, 2.05) is 18.2 Å². The zero-order valence-electron chi connectivity index (χ0n) is 12.7. The Bertz CT molecular complexity index is 410. The van der Waals surface area contributed by atoms with Crippen molar-refractivity contribution in [3.8, 4) is 0 Å². The molecule has 0 aliphatic carbocycles. The fourth-order valence-corrected chi connectivity index (χ4v) is 3.06. The maximum absolute atomic E-state index is 9.97. The van der Waals surface area contributed by atoms with Crippen LogP contribution in [0.15, 0.2) is 30.3 Å². The highest BCUT2D eigenvalue weighted by atomic mass is 16.5. The Morgan fingerprint density at radius 3 is 2.65 bits per heavy atom. The van der Waals surface area contributed by atoms with Crippen molar-refractivity contribution >= 4 is 0 Å². The van der Waals surface area contributed by atoms with Gasteiger partial charge in [0.05, 0.1) is 18.4 Å². The van der Waals surface area contributed by atoms with Crippen LogP contribution in [0.3, 0.4) is 0 Å². The van der Waals surface area contributed by atoms with Gasteiger partial charge in [-0.25, -0.2) is 0 Å². The van der Waals surface area contributed by atoms with E-state index in [1.54, 1.807) is 7.11 Å². The van der Waals surface area contributed by atoms with Crippen LogP contribution in [0.25, 0.3) is 0 Å². The van der Waals surface area contributed by atoms with Crippen molar-refractivity contribution in [2.24, 2.45) is 0 Å². The Kier molecular flexibility index (Phi) is 5.16. The lowest BCUT2D eigenvalue weighted by Gasteiger charge is -2.40. The number of aliphatic hydroxyl groups excluding tert-OH is 1. The van der Waals surface area contributed by atoms with Gasteiger partial charge < -0.3 is 9.84 Å². The normalized spacial score (nSPS) is 27.4.